The normalized spacial score (nSPS) is 25.5. The smallest absolute Gasteiger partial charge is 0.244 e. The summed E-state index contributed by atoms with van der Waals surface area (Å²) in [5.74, 6) is 0.202. The fourth-order valence-corrected chi connectivity index (χ4v) is 4.52. The Labute approximate surface area is 115 Å². The van der Waals surface area contributed by atoms with Crippen molar-refractivity contribution >= 4 is 10.0 Å². The van der Waals surface area contributed by atoms with Crippen molar-refractivity contribution < 1.29 is 8.42 Å². The maximum Gasteiger partial charge on any atom is 0.244 e. The van der Waals surface area contributed by atoms with E-state index in [9.17, 15) is 8.42 Å². The van der Waals surface area contributed by atoms with Crippen molar-refractivity contribution in [2.45, 2.75) is 44.7 Å². The van der Waals surface area contributed by atoms with Gasteiger partial charge in [0, 0.05) is 6.54 Å². The predicted octanol–water partition coefficient (Wildman–Crippen LogP) is 2.01. The summed E-state index contributed by atoms with van der Waals surface area (Å²) in [5.41, 5.74) is 7.80. The molecule has 2 N–H and O–H groups in total. The van der Waals surface area contributed by atoms with Gasteiger partial charge in [0.25, 0.3) is 0 Å². The summed E-state index contributed by atoms with van der Waals surface area (Å²) in [7, 11) is -3.49. The Kier molecular flexibility index (Phi) is 3.99. The number of piperidine rings is 1. The molecular weight excluding hydrogens is 260 g/mol. The first kappa shape index (κ1) is 14.5. The van der Waals surface area contributed by atoms with Crippen LogP contribution in [-0.2, 0) is 10.0 Å². The number of nitrogens with two attached hydrogens (primary N) is 1. The monoisotopic (exact) mass is 282 g/mol. The lowest BCUT2D eigenvalue weighted by Crippen LogP contribution is -2.52. The molecule has 1 aliphatic heterocycles. The second kappa shape index (κ2) is 5.23. The van der Waals surface area contributed by atoms with Gasteiger partial charge in [-0.2, -0.15) is 4.31 Å². The topological polar surface area (TPSA) is 63.4 Å². The molecule has 0 saturated carbocycles. The number of hydrogen-bond acceptors (Lipinski definition) is 3. The lowest BCUT2D eigenvalue weighted by Gasteiger charge is -2.36. The summed E-state index contributed by atoms with van der Waals surface area (Å²) in [6.07, 6.45) is 1.44. The van der Waals surface area contributed by atoms with Crippen LogP contribution in [0.1, 0.15) is 30.9 Å². The van der Waals surface area contributed by atoms with Crippen LogP contribution in [-0.4, -0.2) is 25.4 Å². The third-order valence-corrected chi connectivity index (χ3v) is 5.92. The summed E-state index contributed by atoms with van der Waals surface area (Å²) in [5, 5.41) is 0. The predicted molar refractivity (Wildman–Crippen MR) is 76.2 cm³/mol. The van der Waals surface area contributed by atoms with Gasteiger partial charge in [-0.25, -0.2) is 8.42 Å². The van der Waals surface area contributed by atoms with E-state index in [1.165, 1.54) is 4.31 Å². The molecule has 1 saturated heterocycles. The van der Waals surface area contributed by atoms with Crippen LogP contribution in [0.4, 0.5) is 0 Å². The molecule has 0 radical (unpaired) electrons. The second-order valence-corrected chi connectivity index (χ2v) is 7.35. The highest BCUT2D eigenvalue weighted by Crippen LogP contribution is 2.28. The van der Waals surface area contributed by atoms with Gasteiger partial charge in [-0.15, -0.1) is 0 Å². The molecule has 0 bridgehead atoms. The van der Waals surface area contributed by atoms with Crippen LogP contribution in [0, 0.1) is 19.8 Å². The molecular formula is C14H22N2O2S. The fraction of sp³-hybridized carbons (Fsp3) is 0.571. The highest BCUT2D eigenvalue weighted by atomic mass is 32.2. The Morgan fingerprint density at radius 1 is 1.32 bits per heavy atom. The molecule has 19 heavy (non-hydrogen) atoms. The van der Waals surface area contributed by atoms with Gasteiger partial charge in [0.15, 0.2) is 0 Å². The van der Waals surface area contributed by atoms with E-state index >= 15 is 0 Å². The van der Waals surface area contributed by atoms with E-state index in [-0.39, 0.29) is 5.92 Å². The molecule has 106 valence electrons. The molecule has 5 heteroatoms. The van der Waals surface area contributed by atoms with Crippen molar-refractivity contribution in [3.63, 3.8) is 0 Å². The third-order valence-electron chi connectivity index (χ3n) is 3.88. The average Bonchev–Trinajstić information content (AvgIpc) is 2.35. The number of nitrogens with zero attached hydrogens (tertiary/aromatic N) is 1. The molecule has 1 heterocycles. The standard InChI is InChI=1S/C14H22N2O2S/c1-10-6-7-11(2)13(9-10)19(17,18)16-8-4-5-12(3)14(16)15/h6-7,9,12,14H,4-5,8,15H2,1-3H3. The molecule has 2 atom stereocenters. The maximum absolute atomic E-state index is 12.8. The van der Waals surface area contributed by atoms with Gasteiger partial charge in [-0.05, 0) is 49.8 Å². The molecule has 1 aromatic carbocycles. The highest BCUT2D eigenvalue weighted by Gasteiger charge is 2.35. The quantitative estimate of drug-likeness (QED) is 0.902. The van der Waals surface area contributed by atoms with Crippen molar-refractivity contribution in [3.8, 4) is 0 Å². The first-order valence-corrected chi connectivity index (χ1v) is 8.12. The molecule has 1 aromatic rings. The fourth-order valence-electron chi connectivity index (χ4n) is 2.56. The molecule has 0 amide bonds. The molecule has 2 unspecified atom stereocenters. The van der Waals surface area contributed by atoms with E-state index in [2.05, 4.69) is 0 Å². The number of aryl methyl sites for hydroxylation is 2. The van der Waals surface area contributed by atoms with E-state index in [4.69, 9.17) is 5.73 Å². The summed E-state index contributed by atoms with van der Waals surface area (Å²) >= 11 is 0. The Morgan fingerprint density at radius 2 is 2.00 bits per heavy atom. The van der Waals surface area contributed by atoms with Gasteiger partial charge >= 0.3 is 0 Å². The van der Waals surface area contributed by atoms with Crippen LogP contribution in [0.5, 0.6) is 0 Å². The van der Waals surface area contributed by atoms with Gasteiger partial charge in [-0.3, -0.25) is 0 Å². The minimum atomic E-state index is -3.49. The maximum atomic E-state index is 12.8. The Hall–Kier alpha value is -0.910. The first-order valence-electron chi connectivity index (χ1n) is 6.68. The minimum Gasteiger partial charge on any atom is -0.315 e. The van der Waals surface area contributed by atoms with Crippen LogP contribution in [0.2, 0.25) is 0 Å². The molecule has 1 aliphatic rings. The number of hydrogen-bond donors (Lipinski definition) is 1. The number of rotatable bonds is 2. The van der Waals surface area contributed by atoms with E-state index in [1.54, 1.807) is 6.07 Å². The van der Waals surface area contributed by atoms with Crippen molar-refractivity contribution in [3.05, 3.63) is 29.3 Å². The van der Waals surface area contributed by atoms with Gasteiger partial charge in [0.2, 0.25) is 10.0 Å². The van der Waals surface area contributed by atoms with Gasteiger partial charge in [0.1, 0.15) is 0 Å². The Bertz CT molecular complexity index is 569. The van der Waals surface area contributed by atoms with E-state index in [0.29, 0.717) is 11.4 Å². The van der Waals surface area contributed by atoms with Crippen LogP contribution < -0.4 is 5.73 Å². The third kappa shape index (κ3) is 2.68. The van der Waals surface area contributed by atoms with Crippen LogP contribution in [0.25, 0.3) is 0 Å². The second-order valence-electron chi connectivity index (χ2n) is 5.49. The molecule has 2 rings (SSSR count). The summed E-state index contributed by atoms with van der Waals surface area (Å²) in [4.78, 5) is 0.386. The zero-order valence-corrected chi connectivity index (χ0v) is 12.6. The molecule has 1 fully saturated rings. The van der Waals surface area contributed by atoms with Gasteiger partial charge < -0.3 is 5.73 Å². The van der Waals surface area contributed by atoms with Crippen molar-refractivity contribution in [2.24, 2.45) is 11.7 Å². The lowest BCUT2D eigenvalue weighted by molar-refractivity contribution is 0.192. The highest BCUT2D eigenvalue weighted by molar-refractivity contribution is 7.89. The summed E-state index contributed by atoms with van der Waals surface area (Å²) in [6.45, 7) is 6.25. The van der Waals surface area contributed by atoms with Crippen LogP contribution in [0.3, 0.4) is 0 Å². The zero-order valence-electron chi connectivity index (χ0n) is 11.8. The van der Waals surface area contributed by atoms with Crippen molar-refractivity contribution in [1.29, 1.82) is 0 Å². The van der Waals surface area contributed by atoms with Crippen molar-refractivity contribution in [1.82, 2.24) is 4.31 Å². The zero-order chi connectivity index (χ0) is 14.2. The first-order chi connectivity index (χ1) is 8.84. The summed E-state index contributed by atoms with van der Waals surface area (Å²) in [6, 6.07) is 5.50. The van der Waals surface area contributed by atoms with E-state index in [0.717, 1.165) is 24.0 Å². The van der Waals surface area contributed by atoms with Gasteiger partial charge in [-0.1, -0.05) is 19.1 Å². The summed E-state index contributed by atoms with van der Waals surface area (Å²) < 4.78 is 27.0. The van der Waals surface area contributed by atoms with E-state index < -0.39 is 16.2 Å². The average molecular weight is 282 g/mol. The molecule has 0 aromatic heterocycles. The van der Waals surface area contributed by atoms with Gasteiger partial charge in [0.05, 0.1) is 11.1 Å². The van der Waals surface area contributed by atoms with Crippen LogP contribution >= 0.6 is 0 Å². The van der Waals surface area contributed by atoms with Crippen LogP contribution in [0.15, 0.2) is 23.1 Å². The van der Waals surface area contributed by atoms with E-state index in [1.807, 2.05) is 32.9 Å². The lowest BCUT2D eigenvalue weighted by atomic mass is 9.99. The number of benzene rings is 1. The Morgan fingerprint density at radius 3 is 2.68 bits per heavy atom. The SMILES string of the molecule is Cc1ccc(C)c(S(=O)(=O)N2CCCC(C)C2N)c1. The molecule has 0 aliphatic carbocycles. The number of sulfonamides is 1. The molecule has 0 spiro atoms. The Balaban J connectivity index is 2.44. The minimum absolute atomic E-state index is 0.202. The largest absolute Gasteiger partial charge is 0.315 e. The van der Waals surface area contributed by atoms with Crippen molar-refractivity contribution in [2.75, 3.05) is 6.54 Å². The molecule has 4 nitrogen and oxygen atoms in total.